The summed E-state index contributed by atoms with van der Waals surface area (Å²) in [6.07, 6.45) is 3.19. The SMILES string of the molecule is CC1(c2ccc3c(c2)CCC3)NC(=O)N(Cc2cccc(C(=O)Nc3ccccc3)c2)C1=O. The van der Waals surface area contributed by atoms with Crippen LogP contribution in [0.3, 0.4) is 0 Å². The minimum atomic E-state index is -1.10. The predicted octanol–water partition coefficient (Wildman–Crippen LogP) is 4.39. The molecular formula is C27H25N3O3. The minimum absolute atomic E-state index is 0.0949. The zero-order valence-electron chi connectivity index (χ0n) is 18.4. The number of hydrogen-bond donors (Lipinski definition) is 2. The number of hydrogen-bond acceptors (Lipinski definition) is 3. The molecule has 2 N–H and O–H groups in total. The van der Waals surface area contributed by atoms with Crippen molar-refractivity contribution < 1.29 is 14.4 Å². The molecule has 4 amide bonds. The fraction of sp³-hybridized carbons (Fsp3) is 0.222. The third-order valence-corrected chi connectivity index (χ3v) is 6.51. The standard InChI is InChI=1S/C27H25N3O3/c1-27(22-14-13-19-8-6-9-20(19)16-22)25(32)30(26(33)29-27)17-18-7-5-10-21(15-18)24(31)28-23-11-3-2-4-12-23/h2-5,7,10-16H,6,8-9,17H2,1H3,(H,28,31)(H,29,33). The number of carbonyl (C=O) groups is 3. The first-order chi connectivity index (χ1) is 15.9. The van der Waals surface area contributed by atoms with Gasteiger partial charge in [0.15, 0.2) is 0 Å². The van der Waals surface area contributed by atoms with Crippen molar-refractivity contribution in [2.24, 2.45) is 0 Å². The molecule has 0 radical (unpaired) electrons. The van der Waals surface area contributed by atoms with Crippen LogP contribution in [-0.4, -0.2) is 22.7 Å². The number of urea groups is 1. The average Bonchev–Trinajstić information content (AvgIpc) is 3.38. The first-order valence-electron chi connectivity index (χ1n) is 11.2. The predicted molar refractivity (Wildman–Crippen MR) is 126 cm³/mol. The minimum Gasteiger partial charge on any atom is -0.322 e. The number of rotatable bonds is 5. The summed E-state index contributed by atoms with van der Waals surface area (Å²) in [4.78, 5) is 40.0. The van der Waals surface area contributed by atoms with Gasteiger partial charge in [0.25, 0.3) is 11.8 Å². The van der Waals surface area contributed by atoms with Gasteiger partial charge in [-0.1, -0.05) is 48.5 Å². The van der Waals surface area contributed by atoms with Crippen LogP contribution in [0.2, 0.25) is 0 Å². The van der Waals surface area contributed by atoms with Gasteiger partial charge in [-0.3, -0.25) is 14.5 Å². The number of nitrogens with one attached hydrogen (secondary N) is 2. The zero-order chi connectivity index (χ0) is 23.0. The Morgan fingerprint density at radius 2 is 1.76 bits per heavy atom. The fourth-order valence-electron chi connectivity index (χ4n) is 4.64. The molecule has 6 heteroatoms. The summed E-state index contributed by atoms with van der Waals surface area (Å²) in [5.41, 5.74) is 4.15. The third-order valence-electron chi connectivity index (χ3n) is 6.51. The summed E-state index contributed by atoms with van der Waals surface area (Å²) in [7, 11) is 0. The summed E-state index contributed by atoms with van der Waals surface area (Å²) >= 11 is 0. The van der Waals surface area contributed by atoms with Gasteiger partial charge in [0.1, 0.15) is 5.54 Å². The molecule has 1 fully saturated rings. The van der Waals surface area contributed by atoms with E-state index in [9.17, 15) is 14.4 Å². The Balaban J connectivity index is 1.34. The van der Waals surface area contributed by atoms with Crippen LogP contribution in [-0.2, 0) is 29.7 Å². The Labute approximate surface area is 192 Å². The van der Waals surface area contributed by atoms with Crippen LogP contribution in [0.4, 0.5) is 10.5 Å². The Kier molecular flexibility index (Phi) is 5.21. The van der Waals surface area contributed by atoms with Gasteiger partial charge in [0, 0.05) is 11.3 Å². The zero-order valence-corrected chi connectivity index (χ0v) is 18.4. The molecule has 33 heavy (non-hydrogen) atoms. The van der Waals surface area contributed by atoms with Crippen LogP contribution >= 0.6 is 0 Å². The highest BCUT2D eigenvalue weighted by molar-refractivity contribution is 6.07. The van der Waals surface area contributed by atoms with Crippen LogP contribution in [0.15, 0.2) is 72.8 Å². The maximum Gasteiger partial charge on any atom is 0.325 e. The number of imide groups is 1. The number of carbonyl (C=O) groups excluding carboxylic acids is 3. The maximum absolute atomic E-state index is 13.4. The van der Waals surface area contributed by atoms with E-state index in [2.05, 4.69) is 22.8 Å². The van der Waals surface area contributed by atoms with Gasteiger partial charge in [-0.2, -0.15) is 0 Å². The molecule has 1 heterocycles. The monoisotopic (exact) mass is 439 g/mol. The lowest BCUT2D eigenvalue weighted by molar-refractivity contribution is -0.131. The highest BCUT2D eigenvalue weighted by Crippen LogP contribution is 2.33. The van der Waals surface area contributed by atoms with E-state index in [-0.39, 0.29) is 18.4 Å². The summed E-state index contributed by atoms with van der Waals surface area (Å²) in [5.74, 6) is -0.534. The summed E-state index contributed by atoms with van der Waals surface area (Å²) in [6, 6.07) is 21.8. The highest BCUT2D eigenvalue weighted by Gasteiger charge is 2.49. The second-order valence-electron chi connectivity index (χ2n) is 8.80. The van der Waals surface area contributed by atoms with Gasteiger partial charge < -0.3 is 10.6 Å². The van der Waals surface area contributed by atoms with Crippen LogP contribution in [0.25, 0.3) is 0 Å². The molecule has 0 aromatic heterocycles. The Morgan fingerprint density at radius 3 is 2.58 bits per heavy atom. The third kappa shape index (κ3) is 3.89. The van der Waals surface area contributed by atoms with Crippen molar-refractivity contribution in [2.75, 3.05) is 5.32 Å². The highest BCUT2D eigenvalue weighted by atomic mass is 16.2. The lowest BCUT2D eigenvalue weighted by Crippen LogP contribution is -2.40. The number of anilines is 1. The molecule has 1 saturated heterocycles. The van der Waals surface area contributed by atoms with Gasteiger partial charge in [0.05, 0.1) is 6.54 Å². The molecular weight excluding hydrogens is 414 g/mol. The van der Waals surface area contributed by atoms with E-state index in [1.807, 2.05) is 42.5 Å². The number of para-hydroxylation sites is 1. The normalized spacial score (nSPS) is 19.4. The van der Waals surface area contributed by atoms with E-state index in [0.717, 1.165) is 24.8 Å². The lowest BCUT2D eigenvalue weighted by Gasteiger charge is -2.23. The molecule has 0 bridgehead atoms. The second-order valence-corrected chi connectivity index (χ2v) is 8.80. The molecule has 0 spiro atoms. The first kappa shape index (κ1) is 20.9. The maximum atomic E-state index is 13.4. The van der Waals surface area contributed by atoms with Gasteiger partial charge in [0.2, 0.25) is 0 Å². The molecule has 1 aliphatic carbocycles. The first-order valence-corrected chi connectivity index (χ1v) is 11.2. The summed E-state index contributed by atoms with van der Waals surface area (Å²) in [6.45, 7) is 1.85. The number of nitrogens with zero attached hydrogens (tertiary/aromatic N) is 1. The summed E-state index contributed by atoms with van der Waals surface area (Å²) < 4.78 is 0. The Hall–Kier alpha value is -3.93. The molecule has 5 rings (SSSR count). The van der Waals surface area contributed by atoms with Crippen LogP contribution in [0.1, 0.15) is 46.0 Å². The molecule has 166 valence electrons. The molecule has 3 aromatic carbocycles. The van der Waals surface area contributed by atoms with Crippen molar-refractivity contribution in [1.29, 1.82) is 0 Å². The van der Waals surface area contributed by atoms with E-state index >= 15 is 0 Å². The molecule has 6 nitrogen and oxygen atoms in total. The molecule has 3 aromatic rings. The van der Waals surface area contributed by atoms with Crippen LogP contribution in [0.5, 0.6) is 0 Å². The molecule has 1 unspecified atom stereocenters. The smallest absolute Gasteiger partial charge is 0.322 e. The molecule has 2 aliphatic rings. The average molecular weight is 440 g/mol. The quantitative estimate of drug-likeness (QED) is 0.579. The molecule has 1 atom stereocenters. The number of amides is 4. The molecule has 0 saturated carbocycles. The van der Waals surface area contributed by atoms with Gasteiger partial charge in [-0.05, 0) is 72.7 Å². The van der Waals surface area contributed by atoms with E-state index in [0.29, 0.717) is 16.8 Å². The number of aryl methyl sites for hydroxylation is 2. The van der Waals surface area contributed by atoms with Crippen molar-refractivity contribution in [3.05, 3.63) is 101 Å². The van der Waals surface area contributed by atoms with E-state index in [4.69, 9.17) is 0 Å². The Bertz CT molecular complexity index is 1250. The number of benzene rings is 3. The van der Waals surface area contributed by atoms with Gasteiger partial charge in [-0.15, -0.1) is 0 Å². The summed E-state index contributed by atoms with van der Waals surface area (Å²) in [5, 5.41) is 5.74. The van der Waals surface area contributed by atoms with E-state index < -0.39 is 11.6 Å². The lowest BCUT2D eigenvalue weighted by atomic mass is 9.89. The number of fused-ring (bicyclic) bond motifs is 1. The topological polar surface area (TPSA) is 78.5 Å². The molecule has 1 aliphatic heterocycles. The van der Waals surface area contributed by atoms with Crippen molar-refractivity contribution >= 4 is 23.5 Å². The van der Waals surface area contributed by atoms with Crippen molar-refractivity contribution in [2.45, 2.75) is 38.3 Å². The van der Waals surface area contributed by atoms with Gasteiger partial charge >= 0.3 is 6.03 Å². The van der Waals surface area contributed by atoms with Gasteiger partial charge in [-0.25, -0.2) is 4.79 Å². The van der Waals surface area contributed by atoms with E-state index in [1.54, 1.807) is 25.1 Å². The van der Waals surface area contributed by atoms with E-state index in [1.165, 1.54) is 16.0 Å². The largest absolute Gasteiger partial charge is 0.325 e. The van der Waals surface area contributed by atoms with Crippen molar-refractivity contribution in [1.82, 2.24) is 10.2 Å². The van der Waals surface area contributed by atoms with Crippen LogP contribution < -0.4 is 10.6 Å². The van der Waals surface area contributed by atoms with Crippen molar-refractivity contribution in [3.8, 4) is 0 Å². The fourth-order valence-corrected chi connectivity index (χ4v) is 4.64. The van der Waals surface area contributed by atoms with Crippen LogP contribution in [0, 0.1) is 0 Å². The Morgan fingerprint density at radius 1 is 0.970 bits per heavy atom. The van der Waals surface area contributed by atoms with Crippen molar-refractivity contribution in [3.63, 3.8) is 0 Å². The second kappa shape index (κ2) is 8.20.